The summed E-state index contributed by atoms with van der Waals surface area (Å²) >= 11 is 3.36. The molecule has 152 valence electrons. The summed E-state index contributed by atoms with van der Waals surface area (Å²) in [5.74, 6) is -0.757. The maximum absolute atomic E-state index is 13.1. The van der Waals surface area contributed by atoms with E-state index < -0.39 is 5.91 Å². The normalized spacial score (nSPS) is 11.2. The van der Waals surface area contributed by atoms with E-state index in [1.54, 1.807) is 30.3 Å². The van der Waals surface area contributed by atoms with E-state index in [2.05, 4.69) is 26.6 Å². The number of nitrogens with one attached hydrogen (secondary N) is 2. The molecule has 0 fully saturated rings. The van der Waals surface area contributed by atoms with Gasteiger partial charge in [-0.3, -0.25) is 9.59 Å². The number of halogens is 1. The van der Waals surface area contributed by atoms with Crippen molar-refractivity contribution in [3.63, 3.8) is 0 Å². The van der Waals surface area contributed by atoms with Gasteiger partial charge in [-0.05, 0) is 58.8 Å². The van der Waals surface area contributed by atoms with Crippen molar-refractivity contribution in [3.8, 4) is 0 Å². The average molecular weight is 471 g/mol. The highest BCUT2D eigenvalue weighted by Gasteiger charge is 2.15. The number of carbonyl (C=O) groups excluding carboxylic acids is 2. The molecule has 0 aliphatic rings. The molecule has 0 bridgehead atoms. The van der Waals surface area contributed by atoms with Crippen LogP contribution in [0.5, 0.6) is 0 Å². The Bertz CT molecular complexity index is 1270. The maximum atomic E-state index is 13.1. The molecule has 4 rings (SSSR count). The molecule has 5 heteroatoms. The van der Waals surface area contributed by atoms with Crippen molar-refractivity contribution in [2.45, 2.75) is 0 Å². The van der Waals surface area contributed by atoms with Crippen LogP contribution in [0.15, 0.2) is 107 Å². The van der Waals surface area contributed by atoms with E-state index in [1.165, 1.54) is 0 Å². The average Bonchev–Trinajstić information content (AvgIpc) is 2.79. The van der Waals surface area contributed by atoms with Gasteiger partial charge in [0.2, 0.25) is 0 Å². The summed E-state index contributed by atoms with van der Waals surface area (Å²) in [6, 6.07) is 30.0. The Hall–Kier alpha value is -3.70. The Morgan fingerprint density at radius 1 is 0.742 bits per heavy atom. The van der Waals surface area contributed by atoms with E-state index in [0.29, 0.717) is 11.3 Å². The highest BCUT2D eigenvalue weighted by atomic mass is 79.9. The molecule has 0 unspecified atom stereocenters. The van der Waals surface area contributed by atoms with Crippen LogP contribution in [0.25, 0.3) is 16.8 Å². The van der Waals surface area contributed by atoms with Gasteiger partial charge in [0.05, 0.1) is 0 Å². The van der Waals surface area contributed by atoms with E-state index in [9.17, 15) is 9.59 Å². The third kappa shape index (κ3) is 5.27. The summed E-state index contributed by atoms with van der Waals surface area (Å²) in [6.07, 6.45) is 1.66. The lowest BCUT2D eigenvalue weighted by Crippen LogP contribution is -2.30. The van der Waals surface area contributed by atoms with Gasteiger partial charge in [-0.1, -0.05) is 76.6 Å². The number of benzene rings is 4. The van der Waals surface area contributed by atoms with E-state index >= 15 is 0 Å². The summed E-state index contributed by atoms with van der Waals surface area (Å²) < 4.78 is 0.873. The third-order valence-corrected chi connectivity index (χ3v) is 5.25. The minimum Gasteiger partial charge on any atom is -0.321 e. The molecule has 2 N–H and O–H groups in total. The molecule has 4 aromatic rings. The van der Waals surface area contributed by atoms with Gasteiger partial charge in [0.1, 0.15) is 5.70 Å². The van der Waals surface area contributed by atoms with Gasteiger partial charge in [0, 0.05) is 15.7 Å². The van der Waals surface area contributed by atoms with Crippen molar-refractivity contribution >= 4 is 50.3 Å². The van der Waals surface area contributed by atoms with Gasteiger partial charge in [-0.25, -0.2) is 0 Å². The molecule has 0 radical (unpaired) electrons. The Labute approximate surface area is 188 Å². The molecule has 0 spiro atoms. The molecule has 0 aromatic heterocycles. The molecule has 0 heterocycles. The summed E-state index contributed by atoms with van der Waals surface area (Å²) in [5.41, 5.74) is 2.08. The number of hydrogen-bond acceptors (Lipinski definition) is 2. The zero-order valence-corrected chi connectivity index (χ0v) is 18.1. The Balaban J connectivity index is 1.61. The summed E-state index contributed by atoms with van der Waals surface area (Å²) in [7, 11) is 0. The van der Waals surface area contributed by atoms with Crippen LogP contribution in [-0.2, 0) is 4.79 Å². The lowest BCUT2D eigenvalue weighted by Gasteiger charge is -2.12. The fourth-order valence-electron chi connectivity index (χ4n) is 3.14. The Morgan fingerprint density at radius 3 is 2.16 bits per heavy atom. The van der Waals surface area contributed by atoms with Gasteiger partial charge in [-0.15, -0.1) is 0 Å². The highest BCUT2D eigenvalue weighted by molar-refractivity contribution is 9.10. The molecule has 4 aromatic carbocycles. The zero-order valence-electron chi connectivity index (χ0n) is 16.5. The van der Waals surface area contributed by atoms with Gasteiger partial charge in [0.15, 0.2) is 0 Å². The summed E-state index contributed by atoms with van der Waals surface area (Å²) in [5, 5.41) is 7.75. The van der Waals surface area contributed by atoms with E-state index in [4.69, 9.17) is 0 Å². The second kappa shape index (κ2) is 9.41. The van der Waals surface area contributed by atoms with Crippen LogP contribution in [0.2, 0.25) is 0 Å². The van der Waals surface area contributed by atoms with Gasteiger partial charge in [-0.2, -0.15) is 0 Å². The molecule has 0 saturated heterocycles. The van der Waals surface area contributed by atoms with Gasteiger partial charge < -0.3 is 10.6 Å². The second-order valence-corrected chi connectivity index (χ2v) is 7.86. The predicted octanol–water partition coefficient (Wildman–Crippen LogP) is 6.01. The van der Waals surface area contributed by atoms with E-state index in [0.717, 1.165) is 20.8 Å². The van der Waals surface area contributed by atoms with E-state index in [-0.39, 0.29) is 11.6 Å². The van der Waals surface area contributed by atoms with Crippen LogP contribution in [0.3, 0.4) is 0 Å². The number of fused-ring (bicyclic) bond motifs is 1. The zero-order chi connectivity index (χ0) is 21.6. The van der Waals surface area contributed by atoms with Crippen molar-refractivity contribution in [2.75, 3.05) is 5.32 Å². The fourth-order valence-corrected chi connectivity index (χ4v) is 3.40. The SMILES string of the molecule is O=C(Nc1ccc2ccccc2c1)/C(=C\c1ccccc1)NC(=O)c1ccc(Br)cc1. The first-order valence-corrected chi connectivity index (χ1v) is 10.5. The third-order valence-electron chi connectivity index (χ3n) is 4.72. The topological polar surface area (TPSA) is 58.2 Å². The molecule has 2 amide bonds. The maximum Gasteiger partial charge on any atom is 0.272 e. The van der Waals surface area contributed by atoms with Crippen molar-refractivity contribution in [1.29, 1.82) is 0 Å². The standard InChI is InChI=1S/C26H19BrN2O2/c27-22-13-10-20(11-14-22)25(30)29-24(16-18-6-2-1-3-7-18)26(31)28-23-15-12-19-8-4-5-9-21(19)17-23/h1-17H,(H,28,31)(H,29,30)/b24-16+. The smallest absolute Gasteiger partial charge is 0.272 e. The number of hydrogen-bond donors (Lipinski definition) is 2. The summed E-state index contributed by atoms with van der Waals surface area (Å²) in [4.78, 5) is 25.8. The quantitative estimate of drug-likeness (QED) is 0.350. The second-order valence-electron chi connectivity index (χ2n) is 6.95. The first-order chi connectivity index (χ1) is 15.1. The fraction of sp³-hybridized carbons (Fsp3) is 0. The number of anilines is 1. The first-order valence-electron chi connectivity index (χ1n) is 9.72. The molecular weight excluding hydrogens is 452 g/mol. The van der Waals surface area contributed by atoms with Crippen LogP contribution < -0.4 is 10.6 Å². The number of amides is 2. The number of rotatable bonds is 5. The van der Waals surface area contributed by atoms with Crippen LogP contribution in [0.1, 0.15) is 15.9 Å². The summed E-state index contributed by atoms with van der Waals surface area (Å²) in [6.45, 7) is 0. The lowest BCUT2D eigenvalue weighted by molar-refractivity contribution is -0.113. The largest absolute Gasteiger partial charge is 0.321 e. The molecule has 0 aliphatic carbocycles. The monoisotopic (exact) mass is 470 g/mol. The van der Waals surface area contributed by atoms with Gasteiger partial charge >= 0.3 is 0 Å². The van der Waals surface area contributed by atoms with Crippen molar-refractivity contribution < 1.29 is 9.59 Å². The van der Waals surface area contributed by atoms with E-state index in [1.807, 2.05) is 72.8 Å². The lowest BCUT2D eigenvalue weighted by atomic mass is 10.1. The molecular formula is C26H19BrN2O2. The number of carbonyl (C=O) groups is 2. The minimum atomic E-state index is -0.399. The minimum absolute atomic E-state index is 0.160. The van der Waals surface area contributed by atoms with Crippen LogP contribution in [0.4, 0.5) is 5.69 Å². The van der Waals surface area contributed by atoms with Crippen LogP contribution in [-0.4, -0.2) is 11.8 Å². The predicted molar refractivity (Wildman–Crippen MR) is 129 cm³/mol. The Morgan fingerprint density at radius 2 is 1.42 bits per heavy atom. The van der Waals surface area contributed by atoms with Gasteiger partial charge in [0.25, 0.3) is 11.8 Å². The molecule has 4 nitrogen and oxygen atoms in total. The molecule has 0 saturated carbocycles. The van der Waals surface area contributed by atoms with Crippen LogP contribution >= 0.6 is 15.9 Å². The molecule has 0 atom stereocenters. The molecule has 31 heavy (non-hydrogen) atoms. The van der Waals surface area contributed by atoms with Crippen LogP contribution in [0, 0.1) is 0 Å². The molecule has 0 aliphatic heterocycles. The van der Waals surface area contributed by atoms with Crippen molar-refractivity contribution in [2.24, 2.45) is 0 Å². The highest BCUT2D eigenvalue weighted by Crippen LogP contribution is 2.20. The Kier molecular flexibility index (Phi) is 6.24. The van der Waals surface area contributed by atoms with Crippen molar-refractivity contribution in [1.82, 2.24) is 5.32 Å². The first kappa shape index (κ1) is 20.6. The van der Waals surface area contributed by atoms with Crippen molar-refractivity contribution in [3.05, 3.63) is 118 Å².